The Kier molecular flexibility index (Phi) is 3.93. The minimum atomic E-state index is -0.318. The fourth-order valence-electron chi connectivity index (χ4n) is 6.54. The molecule has 0 aliphatic heterocycles. The molecule has 2 fully saturated rings. The van der Waals surface area contributed by atoms with Crippen LogP contribution >= 0.6 is 0 Å². The summed E-state index contributed by atoms with van der Waals surface area (Å²) in [5.41, 5.74) is 6.72. The van der Waals surface area contributed by atoms with Crippen LogP contribution in [0.3, 0.4) is 0 Å². The third kappa shape index (κ3) is 2.44. The maximum Gasteiger partial charge on any atom is 0.302 e. The minimum Gasteiger partial charge on any atom is -0.461 e. The Balaban J connectivity index is 1.66. The fraction of sp³-hybridized carbons (Fsp3) is 0.762. The van der Waals surface area contributed by atoms with Crippen molar-refractivity contribution in [1.82, 2.24) is 0 Å². The van der Waals surface area contributed by atoms with Crippen LogP contribution < -0.4 is 5.73 Å². The molecule has 4 rings (SSSR count). The number of esters is 1. The third-order valence-corrected chi connectivity index (χ3v) is 8.07. The molecule has 0 radical (unpaired) electrons. The van der Waals surface area contributed by atoms with Crippen LogP contribution in [-0.4, -0.2) is 29.3 Å². The molecule has 0 aromatic carbocycles. The van der Waals surface area contributed by atoms with Gasteiger partial charge >= 0.3 is 5.97 Å². The second-order valence-electron chi connectivity index (χ2n) is 9.26. The van der Waals surface area contributed by atoms with E-state index in [-0.39, 0.29) is 35.0 Å². The van der Waals surface area contributed by atoms with Crippen LogP contribution in [0.5, 0.6) is 0 Å². The number of hydrogen-bond acceptors (Lipinski definition) is 4. The lowest BCUT2D eigenvalue weighted by Crippen LogP contribution is -2.53. The van der Waals surface area contributed by atoms with Crippen molar-refractivity contribution in [2.75, 3.05) is 0 Å². The van der Waals surface area contributed by atoms with Gasteiger partial charge in [-0.05, 0) is 60.2 Å². The zero-order valence-electron chi connectivity index (χ0n) is 15.5. The summed E-state index contributed by atoms with van der Waals surface area (Å²) >= 11 is 0. The van der Waals surface area contributed by atoms with Gasteiger partial charge in [0.2, 0.25) is 0 Å². The molecule has 2 saturated carbocycles. The molecule has 0 heterocycles. The molecule has 9 atom stereocenters. The average Bonchev–Trinajstić information content (AvgIpc) is 2.79. The van der Waals surface area contributed by atoms with E-state index in [0.29, 0.717) is 23.7 Å². The van der Waals surface area contributed by atoms with Crippen molar-refractivity contribution in [1.29, 1.82) is 0 Å². The Morgan fingerprint density at radius 1 is 1.20 bits per heavy atom. The number of carbonyl (C=O) groups is 1. The van der Waals surface area contributed by atoms with Gasteiger partial charge in [-0.2, -0.15) is 0 Å². The second-order valence-corrected chi connectivity index (χ2v) is 9.26. The highest BCUT2D eigenvalue weighted by Crippen LogP contribution is 2.63. The number of fused-ring (bicyclic) bond motifs is 5. The zero-order valence-corrected chi connectivity index (χ0v) is 15.5. The number of carbonyl (C=O) groups excluding carboxylic acids is 1. The molecule has 138 valence electrons. The van der Waals surface area contributed by atoms with Crippen LogP contribution in [0.4, 0.5) is 0 Å². The monoisotopic (exact) mass is 345 g/mol. The van der Waals surface area contributed by atoms with Crippen LogP contribution in [0.2, 0.25) is 0 Å². The van der Waals surface area contributed by atoms with Gasteiger partial charge in [0, 0.05) is 13.0 Å². The van der Waals surface area contributed by atoms with Crippen molar-refractivity contribution in [3.05, 3.63) is 24.3 Å². The second kappa shape index (κ2) is 5.68. The fourth-order valence-corrected chi connectivity index (χ4v) is 6.54. The molecule has 3 N–H and O–H groups in total. The van der Waals surface area contributed by atoms with Crippen LogP contribution in [0.1, 0.15) is 46.5 Å². The summed E-state index contributed by atoms with van der Waals surface area (Å²) in [6.45, 7) is 6.14. The first kappa shape index (κ1) is 17.3. The highest BCUT2D eigenvalue weighted by molar-refractivity contribution is 5.66. The van der Waals surface area contributed by atoms with Gasteiger partial charge in [0.15, 0.2) is 0 Å². The highest BCUT2D eigenvalue weighted by Gasteiger charge is 2.60. The summed E-state index contributed by atoms with van der Waals surface area (Å²) < 4.78 is 5.57. The molecule has 0 bridgehead atoms. The predicted octanol–water partition coefficient (Wildman–Crippen LogP) is 2.81. The quantitative estimate of drug-likeness (QED) is 0.566. The molecule has 25 heavy (non-hydrogen) atoms. The summed E-state index contributed by atoms with van der Waals surface area (Å²) in [6, 6.07) is -0.0787. The standard InChI is InChI=1S/C21H31NO3/c1-12(23)25-18-11-17-15-5-4-13-10-14(24)6-8-20(13,2)16(15)7-9-21(17,3)19(18)22/h4-6,8,13-19,24H,7,9-11,22H2,1-3H3/t13?,14-,15+,16-,17-,18+,19-,20-,21-/m0/s1. The maximum absolute atomic E-state index is 11.5. The SMILES string of the molecule is CC(=O)O[C@@H]1C[C@H]2[C@@H]3C=CC4C[C@@H](O)C=C[C@]4(C)[C@H]3CC[C@]2(C)[C@H]1N. The lowest BCUT2D eigenvalue weighted by atomic mass is 9.48. The molecule has 0 aromatic rings. The summed E-state index contributed by atoms with van der Waals surface area (Å²) in [5.74, 6) is 1.70. The van der Waals surface area contributed by atoms with E-state index >= 15 is 0 Å². The lowest BCUT2D eigenvalue weighted by Gasteiger charge is -2.56. The van der Waals surface area contributed by atoms with E-state index < -0.39 is 0 Å². The molecule has 0 saturated heterocycles. The Morgan fingerprint density at radius 3 is 2.68 bits per heavy atom. The molecule has 4 aliphatic rings. The van der Waals surface area contributed by atoms with E-state index in [1.54, 1.807) is 0 Å². The average molecular weight is 345 g/mol. The Hall–Kier alpha value is -1.13. The molecule has 1 unspecified atom stereocenters. The molecule has 0 aromatic heterocycles. The van der Waals surface area contributed by atoms with E-state index in [9.17, 15) is 9.90 Å². The van der Waals surface area contributed by atoms with Gasteiger partial charge in [0.25, 0.3) is 0 Å². The van der Waals surface area contributed by atoms with Crippen LogP contribution in [-0.2, 0) is 9.53 Å². The van der Waals surface area contributed by atoms with Gasteiger partial charge in [-0.1, -0.05) is 38.2 Å². The topological polar surface area (TPSA) is 72.5 Å². The summed E-state index contributed by atoms with van der Waals surface area (Å²) in [6.07, 6.45) is 12.4. The molecule has 4 nitrogen and oxygen atoms in total. The van der Waals surface area contributed by atoms with Crippen molar-refractivity contribution in [2.24, 2.45) is 40.2 Å². The van der Waals surface area contributed by atoms with E-state index in [0.717, 1.165) is 25.7 Å². The molecular weight excluding hydrogens is 314 g/mol. The number of nitrogens with two attached hydrogens (primary N) is 1. The zero-order chi connectivity index (χ0) is 18.0. The van der Waals surface area contributed by atoms with Crippen molar-refractivity contribution in [3.8, 4) is 0 Å². The first-order valence-corrected chi connectivity index (χ1v) is 9.74. The number of ether oxygens (including phenoxy) is 1. The summed E-state index contributed by atoms with van der Waals surface area (Å²) in [7, 11) is 0. The molecule has 4 aliphatic carbocycles. The molecule has 0 amide bonds. The number of aliphatic hydroxyl groups excluding tert-OH is 1. The first-order valence-electron chi connectivity index (χ1n) is 9.74. The van der Waals surface area contributed by atoms with Crippen molar-refractivity contribution in [2.45, 2.75) is 64.7 Å². The van der Waals surface area contributed by atoms with E-state index in [4.69, 9.17) is 10.5 Å². The Bertz CT molecular complexity index is 629. The highest BCUT2D eigenvalue weighted by atomic mass is 16.5. The van der Waals surface area contributed by atoms with Gasteiger partial charge in [0.1, 0.15) is 6.10 Å². The smallest absolute Gasteiger partial charge is 0.302 e. The van der Waals surface area contributed by atoms with Crippen LogP contribution in [0.25, 0.3) is 0 Å². The molecule has 4 heteroatoms. The molecular formula is C21H31NO3. The normalized spacial score (nSPS) is 53.7. The Morgan fingerprint density at radius 2 is 1.96 bits per heavy atom. The van der Waals surface area contributed by atoms with Gasteiger partial charge in [-0.15, -0.1) is 0 Å². The molecule has 0 spiro atoms. The van der Waals surface area contributed by atoms with Crippen LogP contribution in [0, 0.1) is 34.5 Å². The number of hydrogen-bond donors (Lipinski definition) is 2. The van der Waals surface area contributed by atoms with Crippen LogP contribution in [0.15, 0.2) is 24.3 Å². The first-order chi connectivity index (χ1) is 11.8. The third-order valence-electron chi connectivity index (χ3n) is 8.07. The lowest BCUT2D eigenvalue weighted by molar-refractivity contribution is -0.147. The van der Waals surface area contributed by atoms with Crippen molar-refractivity contribution >= 4 is 5.97 Å². The summed E-state index contributed by atoms with van der Waals surface area (Å²) in [4.78, 5) is 11.5. The van der Waals surface area contributed by atoms with E-state index in [2.05, 4.69) is 32.1 Å². The van der Waals surface area contributed by atoms with E-state index in [1.165, 1.54) is 6.92 Å². The van der Waals surface area contributed by atoms with Gasteiger partial charge in [-0.3, -0.25) is 4.79 Å². The van der Waals surface area contributed by atoms with Gasteiger partial charge in [0.05, 0.1) is 6.10 Å². The van der Waals surface area contributed by atoms with E-state index in [1.807, 2.05) is 6.08 Å². The van der Waals surface area contributed by atoms with Crippen molar-refractivity contribution < 1.29 is 14.6 Å². The number of rotatable bonds is 1. The predicted molar refractivity (Wildman–Crippen MR) is 96.5 cm³/mol. The summed E-state index contributed by atoms with van der Waals surface area (Å²) in [5, 5.41) is 10.0. The number of aliphatic hydroxyl groups is 1. The minimum absolute atomic E-state index is 0.0344. The van der Waals surface area contributed by atoms with Crippen molar-refractivity contribution in [3.63, 3.8) is 0 Å². The van der Waals surface area contributed by atoms with Gasteiger partial charge < -0.3 is 15.6 Å². The maximum atomic E-state index is 11.5. The van der Waals surface area contributed by atoms with Gasteiger partial charge in [-0.25, -0.2) is 0 Å². The number of allylic oxidation sites excluding steroid dienone is 3. The Labute approximate surface area is 150 Å². The largest absolute Gasteiger partial charge is 0.461 e.